The largest absolute Gasteiger partial charge is 0.490 e. The Morgan fingerprint density at radius 3 is 2.26 bits per heavy atom. The summed E-state index contributed by atoms with van der Waals surface area (Å²) in [5, 5.41) is 0. The smallest absolute Gasteiger partial charge is 0.346 e. The van der Waals surface area contributed by atoms with Gasteiger partial charge in [-0.1, -0.05) is 58.6 Å². The predicted molar refractivity (Wildman–Crippen MR) is 143 cm³/mol. The van der Waals surface area contributed by atoms with E-state index in [-0.39, 0.29) is 36.0 Å². The van der Waals surface area contributed by atoms with Crippen LogP contribution in [0.1, 0.15) is 100 Å². The van der Waals surface area contributed by atoms with E-state index in [0.717, 1.165) is 50.2 Å². The molecule has 0 aromatic heterocycles. The van der Waals surface area contributed by atoms with E-state index in [1.807, 2.05) is 19.1 Å². The SMILES string of the molecule is CCCCCCOc1ccc(C(=O)Oc2ccc([C@H]3CC[C@H](OC(=O)[C@@H](F)[C@@H](C)CC)CC3)cc2)c(F)c1F. The molecule has 0 saturated heterocycles. The van der Waals surface area contributed by atoms with Crippen molar-refractivity contribution in [1.82, 2.24) is 0 Å². The molecule has 5 nitrogen and oxygen atoms in total. The molecular weight excluding hydrogens is 509 g/mol. The van der Waals surface area contributed by atoms with Crippen molar-refractivity contribution in [3.05, 3.63) is 59.2 Å². The second-order valence-electron chi connectivity index (χ2n) is 10.3. The molecule has 0 spiro atoms. The van der Waals surface area contributed by atoms with E-state index in [0.29, 0.717) is 19.3 Å². The van der Waals surface area contributed by atoms with Crippen molar-refractivity contribution in [1.29, 1.82) is 0 Å². The molecule has 0 unspecified atom stereocenters. The van der Waals surface area contributed by atoms with Gasteiger partial charge < -0.3 is 14.2 Å². The topological polar surface area (TPSA) is 61.8 Å². The Labute approximate surface area is 229 Å². The van der Waals surface area contributed by atoms with Crippen LogP contribution in [0.25, 0.3) is 0 Å². The normalized spacial score (nSPS) is 18.7. The lowest BCUT2D eigenvalue weighted by Gasteiger charge is -2.29. The average Bonchev–Trinajstić information content (AvgIpc) is 2.95. The highest BCUT2D eigenvalue weighted by Gasteiger charge is 2.30. The van der Waals surface area contributed by atoms with E-state index in [1.165, 1.54) is 6.07 Å². The number of benzene rings is 2. The number of hydrogen-bond acceptors (Lipinski definition) is 5. The maximum absolute atomic E-state index is 14.6. The molecule has 2 atom stereocenters. The van der Waals surface area contributed by atoms with Gasteiger partial charge in [0.15, 0.2) is 17.7 Å². The Morgan fingerprint density at radius 2 is 1.62 bits per heavy atom. The van der Waals surface area contributed by atoms with E-state index in [1.54, 1.807) is 19.1 Å². The summed E-state index contributed by atoms with van der Waals surface area (Å²) in [5.41, 5.74) is 0.520. The number of alkyl halides is 1. The molecule has 1 aliphatic carbocycles. The highest BCUT2D eigenvalue weighted by molar-refractivity contribution is 5.91. The van der Waals surface area contributed by atoms with Crippen molar-refractivity contribution in [3.8, 4) is 11.5 Å². The van der Waals surface area contributed by atoms with Crippen LogP contribution in [0.5, 0.6) is 11.5 Å². The number of ether oxygens (including phenoxy) is 3. The summed E-state index contributed by atoms with van der Waals surface area (Å²) in [6.45, 7) is 5.88. The molecular formula is C31H39F3O5. The number of carbonyl (C=O) groups is 2. The fourth-order valence-corrected chi connectivity index (χ4v) is 4.66. The molecule has 2 aromatic carbocycles. The van der Waals surface area contributed by atoms with Crippen molar-refractivity contribution in [2.45, 2.75) is 96.8 Å². The molecule has 1 fully saturated rings. The zero-order valence-corrected chi connectivity index (χ0v) is 23.0. The van der Waals surface area contributed by atoms with Crippen molar-refractivity contribution < 1.29 is 37.0 Å². The summed E-state index contributed by atoms with van der Waals surface area (Å²) in [5.74, 6) is -4.45. The Balaban J connectivity index is 1.50. The van der Waals surface area contributed by atoms with E-state index in [4.69, 9.17) is 14.2 Å². The van der Waals surface area contributed by atoms with E-state index < -0.39 is 35.3 Å². The van der Waals surface area contributed by atoms with Gasteiger partial charge in [0.05, 0.1) is 12.2 Å². The van der Waals surface area contributed by atoms with Crippen LogP contribution in [0.3, 0.4) is 0 Å². The summed E-state index contributed by atoms with van der Waals surface area (Å²) < 4.78 is 59.1. The summed E-state index contributed by atoms with van der Waals surface area (Å²) >= 11 is 0. The van der Waals surface area contributed by atoms with E-state index in [9.17, 15) is 22.8 Å². The lowest BCUT2D eigenvalue weighted by atomic mass is 9.82. The third kappa shape index (κ3) is 8.48. The number of rotatable bonds is 13. The molecule has 0 heterocycles. The van der Waals surface area contributed by atoms with Gasteiger partial charge in [0.1, 0.15) is 11.9 Å². The van der Waals surface area contributed by atoms with Crippen molar-refractivity contribution >= 4 is 11.9 Å². The Morgan fingerprint density at radius 1 is 0.923 bits per heavy atom. The molecule has 0 N–H and O–H groups in total. The lowest BCUT2D eigenvalue weighted by Crippen LogP contribution is -2.31. The molecule has 0 amide bonds. The third-order valence-corrected chi connectivity index (χ3v) is 7.41. The molecule has 3 rings (SSSR count). The summed E-state index contributed by atoms with van der Waals surface area (Å²) in [7, 11) is 0. The molecule has 39 heavy (non-hydrogen) atoms. The van der Waals surface area contributed by atoms with Crippen LogP contribution in [0, 0.1) is 17.6 Å². The standard InChI is InChI=1S/C31H39F3O5/c1-4-6-7-8-19-37-26-18-17-25(28(33)29(26)34)30(35)38-23-13-9-21(10-14-23)22-11-15-24(16-12-22)39-31(36)27(32)20(3)5-2/h9-10,13-14,17-18,20,22,24,27H,4-8,11-12,15-16,19H2,1-3H3/t20-,22-,24-,27-/m0/s1. The van der Waals surface area contributed by atoms with Gasteiger partial charge in [-0.2, -0.15) is 4.39 Å². The van der Waals surface area contributed by atoms with Crippen LogP contribution >= 0.6 is 0 Å². The minimum atomic E-state index is -1.60. The fourth-order valence-electron chi connectivity index (χ4n) is 4.66. The van der Waals surface area contributed by atoms with Gasteiger partial charge in [0, 0.05) is 0 Å². The molecule has 8 heteroatoms. The second kappa shape index (κ2) is 14.9. The number of unbranched alkanes of at least 4 members (excludes halogenated alkanes) is 3. The van der Waals surface area contributed by atoms with Crippen LogP contribution < -0.4 is 9.47 Å². The van der Waals surface area contributed by atoms with Crippen LogP contribution in [-0.4, -0.2) is 30.8 Å². The Kier molecular flexibility index (Phi) is 11.7. The first-order chi connectivity index (χ1) is 18.7. The fraction of sp³-hybridized carbons (Fsp3) is 0.548. The first-order valence-corrected chi connectivity index (χ1v) is 14.0. The average molecular weight is 549 g/mol. The maximum atomic E-state index is 14.6. The Bertz CT molecular complexity index is 1080. The molecule has 1 saturated carbocycles. The minimum Gasteiger partial charge on any atom is -0.490 e. The molecule has 0 bridgehead atoms. The van der Waals surface area contributed by atoms with Crippen LogP contribution in [0.2, 0.25) is 0 Å². The number of carbonyl (C=O) groups excluding carboxylic acids is 2. The van der Waals surface area contributed by atoms with Gasteiger partial charge in [-0.15, -0.1) is 0 Å². The van der Waals surface area contributed by atoms with Gasteiger partial charge >= 0.3 is 11.9 Å². The van der Waals surface area contributed by atoms with Gasteiger partial charge in [0.2, 0.25) is 5.82 Å². The lowest BCUT2D eigenvalue weighted by molar-refractivity contribution is -0.158. The van der Waals surface area contributed by atoms with Crippen molar-refractivity contribution in [2.75, 3.05) is 6.61 Å². The monoisotopic (exact) mass is 548 g/mol. The number of esters is 2. The minimum absolute atomic E-state index is 0.210. The van der Waals surface area contributed by atoms with Crippen LogP contribution in [-0.2, 0) is 9.53 Å². The van der Waals surface area contributed by atoms with Crippen molar-refractivity contribution in [3.63, 3.8) is 0 Å². The summed E-state index contributed by atoms with van der Waals surface area (Å²) in [6, 6.07) is 9.28. The van der Waals surface area contributed by atoms with Crippen LogP contribution in [0.4, 0.5) is 13.2 Å². The maximum Gasteiger partial charge on any atom is 0.346 e. The van der Waals surface area contributed by atoms with Gasteiger partial charge in [-0.3, -0.25) is 0 Å². The predicted octanol–water partition coefficient (Wildman–Crippen LogP) is 8.10. The quantitative estimate of drug-likeness (QED) is 0.144. The zero-order chi connectivity index (χ0) is 28.4. The summed E-state index contributed by atoms with van der Waals surface area (Å²) in [4.78, 5) is 24.5. The molecule has 1 aliphatic rings. The van der Waals surface area contributed by atoms with Gasteiger partial charge in [-0.25, -0.2) is 18.4 Å². The highest BCUT2D eigenvalue weighted by atomic mass is 19.2. The zero-order valence-electron chi connectivity index (χ0n) is 23.0. The van der Waals surface area contributed by atoms with Crippen molar-refractivity contribution in [2.24, 2.45) is 5.92 Å². The molecule has 0 aliphatic heterocycles. The first-order valence-electron chi connectivity index (χ1n) is 14.0. The second-order valence-corrected chi connectivity index (χ2v) is 10.3. The third-order valence-electron chi connectivity index (χ3n) is 7.41. The van der Waals surface area contributed by atoms with Crippen LogP contribution in [0.15, 0.2) is 36.4 Å². The Hall–Kier alpha value is -3.03. The van der Waals surface area contributed by atoms with Gasteiger partial charge in [-0.05, 0) is 73.8 Å². The molecule has 214 valence electrons. The van der Waals surface area contributed by atoms with Gasteiger partial charge in [0.25, 0.3) is 0 Å². The molecule has 2 aromatic rings. The summed E-state index contributed by atoms with van der Waals surface area (Å²) in [6.07, 6.45) is 5.30. The highest BCUT2D eigenvalue weighted by Crippen LogP contribution is 2.35. The first kappa shape index (κ1) is 30.5. The van der Waals surface area contributed by atoms with E-state index >= 15 is 0 Å². The number of hydrogen-bond donors (Lipinski definition) is 0. The number of halogens is 3. The van der Waals surface area contributed by atoms with E-state index in [2.05, 4.69) is 6.92 Å². The molecule has 0 radical (unpaired) electrons.